The molecule has 1 aliphatic heterocycles. The third-order valence-corrected chi connectivity index (χ3v) is 4.08. The number of aryl methyl sites for hydroxylation is 1. The van der Waals surface area contributed by atoms with E-state index in [1.54, 1.807) is 17.7 Å². The first-order valence-electron chi connectivity index (χ1n) is 7.65. The van der Waals surface area contributed by atoms with Gasteiger partial charge in [-0.1, -0.05) is 0 Å². The van der Waals surface area contributed by atoms with Crippen molar-refractivity contribution < 1.29 is 4.79 Å². The maximum Gasteiger partial charge on any atom is 0.263 e. The summed E-state index contributed by atoms with van der Waals surface area (Å²) in [5.41, 5.74) is 1.06. The SMILES string of the molecule is Cc1ccn(C2CCNCC2)c(=O)c1C(=O)Nc1cncnc1. The second kappa shape index (κ2) is 6.70. The number of nitrogens with zero attached hydrogens (tertiary/aromatic N) is 3. The van der Waals surface area contributed by atoms with Crippen LogP contribution in [0.5, 0.6) is 0 Å². The number of hydrogen-bond donors (Lipinski definition) is 2. The summed E-state index contributed by atoms with van der Waals surface area (Å²) in [4.78, 5) is 33.0. The lowest BCUT2D eigenvalue weighted by Gasteiger charge is -2.25. The standard InChI is InChI=1S/C16H19N5O2/c1-11-4-7-21(13-2-5-17-6-3-13)16(23)14(11)15(22)20-12-8-18-10-19-9-12/h4,7-10,13,17H,2-3,5-6H2,1H3,(H,20,22). The maximum absolute atomic E-state index is 12.8. The average molecular weight is 313 g/mol. The van der Waals surface area contributed by atoms with Gasteiger partial charge in [-0.05, 0) is 44.5 Å². The number of pyridine rings is 1. The van der Waals surface area contributed by atoms with E-state index in [0.717, 1.165) is 25.9 Å². The topological polar surface area (TPSA) is 88.9 Å². The van der Waals surface area contributed by atoms with Crippen LogP contribution in [-0.2, 0) is 0 Å². The summed E-state index contributed by atoms with van der Waals surface area (Å²) in [7, 11) is 0. The van der Waals surface area contributed by atoms with Crippen molar-refractivity contribution in [3.63, 3.8) is 0 Å². The van der Waals surface area contributed by atoms with Gasteiger partial charge in [0.25, 0.3) is 11.5 Å². The molecule has 23 heavy (non-hydrogen) atoms. The molecule has 1 amide bonds. The number of hydrogen-bond acceptors (Lipinski definition) is 5. The highest BCUT2D eigenvalue weighted by Gasteiger charge is 2.21. The fraction of sp³-hybridized carbons (Fsp3) is 0.375. The van der Waals surface area contributed by atoms with Crippen LogP contribution in [0.3, 0.4) is 0 Å². The Balaban J connectivity index is 1.92. The minimum absolute atomic E-state index is 0.135. The molecule has 7 heteroatoms. The van der Waals surface area contributed by atoms with Crippen molar-refractivity contribution in [2.75, 3.05) is 18.4 Å². The van der Waals surface area contributed by atoms with Crippen LogP contribution < -0.4 is 16.2 Å². The zero-order chi connectivity index (χ0) is 16.2. The van der Waals surface area contributed by atoms with Gasteiger partial charge in [0.05, 0.1) is 18.1 Å². The van der Waals surface area contributed by atoms with Gasteiger partial charge in [0, 0.05) is 12.2 Å². The first-order chi connectivity index (χ1) is 11.2. The van der Waals surface area contributed by atoms with Gasteiger partial charge in [-0.2, -0.15) is 0 Å². The molecule has 0 spiro atoms. The van der Waals surface area contributed by atoms with Crippen molar-refractivity contribution in [2.24, 2.45) is 0 Å². The summed E-state index contributed by atoms with van der Waals surface area (Å²) < 4.78 is 1.68. The molecule has 2 N–H and O–H groups in total. The van der Waals surface area contributed by atoms with Gasteiger partial charge >= 0.3 is 0 Å². The van der Waals surface area contributed by atoms with Crippen LogP contribution in [0, 0.1) is 6.92 Å². The van der Waals surface area contributed by atoms with Crippen LogP contribution in [0.25, 0.3) is 0 Å². The number of carbonyl (C=O) groups is 1. The third-order valence-electron chi connectivity index (χ3n) is 4.08. The Morgan fingerprint density at radius 3 is 2.70 bits per heavy atom. The van der Waals surface area contributed by atoms with Crippen molar-refractivity contribution in [2.45, 2.75) is 25.8 Å². The number of amides is 1. The van der Waals surface area contributed by atoms with E-state index >= 15 is 0 Å². The largest absolute Gasteiger partial charge is 0.319 e. The highest BCUT2D eigenvalue weighted by atomic mass is 16.2. The van der Waals surface area contributed by atoms with Crippen LogP contribution in [0.2, 0.25) is 0 Å². The van der Waals surface area contributed by atoms with Gasteiger partial charge in [-0.3, -0.25) is 9.59 Å². The Hall–Kier alpha value is -2.54. The molecule has 0 aromatic carbocycles. The second-order valence-corrected chi connectivity index (χ2v) is 5.65. The molecule has 0 bridgehead atoms. The molecule has 1 aliphatic rings. The molecule has 3 heterocycles. The Labute approximate surface area is 133 Å². The minimum Gasteiger partial charge on any atom is -0.319 e. The molecular formula is C16H19N5O2. The zero-order valence-electron chi connectivity index (χ0n) is 13.0. The fourth-order valence-corrected chi connectivity index (χ4v) is 2.85. The molecule has 2 aromatic heterocycles. The van der Waals surface area contributed by atoms with Crippen molar-refractivity contribution >= 4 is 11.6 Å². The lowest BCUT2D eigenvalue weighted by atomic mass is 10.0. The molecule has 0 atom stereocenters. The summed E-state index contributed by atoms with van der Waals surface area (Å²) >= 11 is 0. The molecule has 7 nitrogen and oxygen atoms in total. The second-order valence-electron chi connectivity index (χ2n) is 5.65. The number of carbonyl (C=O) groups excluding carboxylic acids is 1. The highest BCUT2D eigenvalue weighted by Crippen LogP contribution is 2.17. The molecule has 0 saturated carbocycles. The highest BCUT2D eigenvalue weighted by molar-refractivity contribution is 6.04. The number of anilines is 1. The van der Waals surface area contributed by atoms with Crippen LogP contribution in [0.15, 0.2) is 35.8 Å². The number of rotatable bonds is 3. The van der Waals surface area contributed by atoms with E-state index in [2.05, 4.69) is 20.6 Å². The number of piperidine rings is 1. The molecule has 0 radical (unpaired) electrons. The average Bonchev–Trinajstić information content (AvgIpc) is 2.57. The maximum atomic E-state index is 12.8. The van der Waals surface area contributed by atoms with E-state index in [1.807, 2.05) is 6.07 Å². The summed E-state index contributed by atoms with van der Waals surface area (Å²) in [5.74, 6) is -0.425. The predicted octanol–water partition coefficient (Wildman–Crippen LogP) is 1.12. The molecule has 3 rings (SSSR count). The van der Waals surface area contributed by atoms with Crippen molar-refractivity contribution in [1.29, 1.82) is 0 Å². The normalized spacial score (nSPS) is 15.3. The van der Waals surface area contributed by atoms with Gasteiger partial charge in [0.2, 0.25) is 0 Å². The Kier molecular flexibility index (Phi) is 4.47. The summed E-state index contributed by atoms with van der Waals surface area (Å²) in [6, 6.07) is 1.95. The summed E-state index contributed by atoms with van der Waals surface area (Å²) in [5, 5.41) is 5.96. The van der Waals surface area contributed by atoms with Crippen LogP contribution in [-0.4, -0.2) is 33.5 Å². The predicted molar refractivity (Wildman–Crippen MR) is 86.6 cm³/mol. The Bertz CT molecular complexity index is 751. The Morgan fingerprint density at radius 1 is 1.30 bits per heavy atom. The van der Waals surface area contributed by atoms with E-state index in [-0.39, 0.29) is 17.2 Å². The van der Waals surface area contributed by atoms with Crippen molar-refractivity contribution in [1.82, 2.24) is 19.9 Å². The molecular weight excluding hydrogens is 294 g/mol. The van der Waals surface area contributed by atoms with Gasteiger partial charge in [-0.15, -0.1) is 0 Å². The first kappa shape index (κ1) is 15.4. The summed E-state index contributed by atoms with van der Waals surface area (Å²) in [6.07, 6.45) is 7.93. The summed E-state index contributed by atoms with van der Waals surface area (Å²) in [6.45, 7) is 3.53. The third kappa shape index (κ3) is 3.29. The molecule has 1 fully saturated rings. The van der Waals surface area contributed by atoms with Crippen LogP contribution >= 0.6 is 0 Å². The van der Waals surface area contributed by atoms with Gasteiger partial charge in [-0.25, -0.2) is 9.97 Å². The van der Waals surface area contributed by atoms with E-state index in [0.29, 0.717) is 11.3 Å². The van der Waals surface area contributed by atoms with Crippen molar-refractivity contribution in [3.8, 4) is 0 Å². The lowest BCUT2D eigenvalue weighted by molar-refractivity contribution is 0.102. The van der Waals surface area contributed by atoms with E-state index < -0.39 is 5.91 Å². The fourth-order valence-electron chi connectivity index (χ4n) is 2.85. The smallest absolute Gasteiger partial charge is 0.263 e. The molecule has 0 aliphatic carbocycles. The molecule has 120 valence electrons. The van der Waals surface area contributed by atoms with Gasteiger partial charge < -0.3 is 15.2 Å². The molecule has 2 aromatic rings. The van der Waals surface area contributed by atoms with Gasteiger partial charge in [0.15, 0.2) is 0 Å². The number of nitrogens with one attached hydrogen (secondary N) is 2. The lowest BCUT2D eigenvalue weighted by Crippen LogP contribution is -2.37. The van der Waals surface area contributed by atoms with E-state index in [9.17, 15) is 9.59 Å². The monoisotopic (exact) mass is 313 g/mol. The molecule has 0 unspecified atom stereocenters. The van der Waals surface area contributed by atoms with Crippen molar-refractivity contribution in [3.05, 3.63) is 52.5 Å². The van der Waals surface area contributed by atoms with E-state index in [1.165, 1.54) is 18.7 Å². The van der Waals surface area contributed by atoms with E-state index in [4.69, 9.17) is 0 Å². The quantitative estimate of drug-likeness (QED) is 0.886. The molecule has 1 saturated heterocycles. The Morgan fingerprint density at radius 2 is 2.00 bits per heavy atom. The first-order valence-corrected chi connectivity index (χ1v) is 7.65. The van der Waals surface area contributed by atoms with Gasteiger partial charge in [0.1, 0.15) is 11.9 Å². The van der Waals surface area contributed by atoms with Crippen LogP contribution in [0.1, 0.15) is 34.8 Å². The van der Waals surface area contributed by atoms with Crippen LogP contribution in [0.4, 0.5) is 5.69 Å². The number of aromatic nitrogens is 3. The zero-order valence-corrected chi connectivity index (χ0v) is 13.0. The minimum atomic E-state index is -0.425.